The fourth-order valence-electron chi connectivity index (χ4n) is 3.38. The standard InChI is InChI=1S/C21H29NO5S2/c1-7-18(5)22(14-19-8-10-20(11-9-19)27-28(6,23)24)29(25,26)21-16(3)12-15(2)13-17(21)4/h8-13,18H,7,14H2,1-6H3. The first-order valence-electron chi connectivity index (χ1n) is 9.43. The van der Waals surface area contributed by atoms with Crippen LogP contribution >= 0.6 is 0 Å². The molecule has 0 aliphatic carbocycles. The van der Waals surface area contributed by atoms with Gasteiger partial charge in [-0.25, -0.2) is 8.42 Å². The highest BCUT2D eigenvalue weighted by molar-refractivity contribution is 7.89. The Balaban J connectivity index is 2.42. The molecule has 6 nitrogen and oxygen atoms in total. The highest BCUT2D eigenvalue weighted by atomic mass is 32.2. The lowest BCUT2D eigenvalue weighted by Gasteiger charge is -2.29. The van der Waals surface area contributed by atoms with Crippen LogP contribution in [0.1, 0.15) is 42.5 Å². The third-order valence-corrected chi connectivity index (χ3v) is 7.52. The van der Waals surface area contributed by atoms with E-state index < -0.39 is 20.1 Å². The molecule has 160 valence electrons. The molecule has 0 aliphatic rings. The van der Waals surface area contributed by atoms with Crippen molar-refractivity contribution in [2.45, 2.75) is 58.5 Å². The molecule has 2 rings (SSSR count). The van der Waals surface area contributed by atoms with E-state index in [0.29, 0.717) is 11.3 Å². The Hall–Kier alpha value is -1.90. The largest absolute Gasteiger partial charge is 0.383 e. The molecule has 8 heteroatoms. The number of rotatable bonds is 8. The van der Waals surface area contributed by atoms with Gasteiger partial charge in [0.1, 0.15) is 5.75 Å². The third kappa shape index (κ3) is 5.81. The maximum atomic E-state index is 13.6. The highest BCUT2D eigenvalue weighted by Gasteiger charge is 2.31. The van der Waals surface area contributed by atoms with Gasteiger partial charge in [0.15, 0.2) is 0 Å². The van der Waals surface area contributed by atoms with Gasteiger partial charge in [-0.15, -0.1) is 0 Å². The fourth-order valence-corrected chi connectivity index (χ4v) is 5.95. The Labute approximate surface area is 174 Å². The van der Waals surface area contributed by atoms with Crippen molar-refractivity contribution in [1.82, 2.24) is 4.31 Å². The molecule has 0 aliphatic heterocycles. The SMILES string of the molecule is CCC(C)N(Cc1ccc(OS(C)(=O)=O)cc1)S(=O)(=O)c1c(C)cc(C)cc1C. The van der Waals surface area contributed by atoms with E-state index in [9.17, 15) is 16.8 Å². The number of nitrogens with zero attached hydrogens (tertiary/aromatic N) is 1. The number of sulfonamides is 1. The molecule has 0 saturated carbocycles. The van der Waals surface area contributed by atoms with Crippen molar-refractivity contribution in [1.29, 1.82) is 0 Å². The van der Waals surface area contributed by atoms with Gasteiger partial charge in [-0.2, -0.15) is 12.7 Å². The molecular formula is C21H29NO5S2. The van der Waals surface area contributed by atoms with Crippen LogP contribution in [-0.4, -0.2) is 33.4 Å². The van der Waals surface area contributed by atoms with E-state index in [0.717, 1.165) is 28.5 Å². The minimum atomic E-state index is -3.72. The average molecular weight is 440 g/mol. The predicted molar refractivity (Wildman–Crippen MR) is 115 cm³/mol. The van der Waals surface area contributed by atoms with Gasteiger partial charge < -0.3 is 4.18 Å². The van der Waals surface area contributed by atoms with Crippen LogP contribution in [0, 0.1) is 20.8 Å². The lowest BCUT2D eigenvalue weighted by atomic mass is 10.1. The van der Waals surface area contributed by atoms with E-state index in [4.69, 9.17) is 4.18 Å². The lowest BCUT2D eigenvalue weighted by Crippen LogP contribution is -2.38. The van der Waals surface area contributed by atoms with Crippen LogP contribution in [-0.2, 0) is 26.7 Å². The molecule has 0 N–H and O–H groups in total. The summed E-state index contributed by atoms with van der Waals surface area (Å²) in [6.45, 7) is 9.60. The normalized spacial score (nSPS) is 13.5. The molecule has 0 aromatic heterocycles. The van der Waals surface area contributed by atoms with Crippen molar-refractivity contribution in [3.63, 3.8) is 0 Å². The first-order chi connectivity index (χ1) is 13.3. The van der Waals surface area contributed by atoms with Gasteiger partial charge >= 0.3 is 10.1 Å². The van der Waals surface area contributed by atoms with E-state index in [1.165, 1.54) is 16.4 Å². The van der Waals surface area contributed by atoms with E-state index >= 15 is 0 Å². The van der Waals surface area contributed by atoms with Crippen molar-refractivity contribution in [2.75, 3.05) is 6.26 Å². The molecule has 0 heterocycles. The van der Waals surface area contributed by atoms with Gasteiger partial charge in [0.25, 0.3) is 0 Å². The van der Waals surface area contributed by atoms with E-state index in [-0.39, 0.29) is 18.3 Å². The Morgan fingerprint density at radius 2 is 1.48 bits per heavy atom. The van der Waals surface area contributed by atoms with Crippen LogP contribution in [0.5, 0.6) is 5.75 Å². The Kier molecular flexibility index (Phi) is 7.14. The first-order valence-corrected chi connectivity index (χ1v) is 12.7. The average Bonchev–Trinajstić information content (AvgIpc) is 2.57. The minimum Gasteiger partial charge on any atom is -0.383 e. The molecule has 0 saturated heterocycles. The Morgan fingerprint density at radius 3 is 1.93 bits per heavy atom. The molecule has 0 bridgehead atoms. The van der Waals surface area contributed by atoms with Crippen molar-refractivity contribution in [2.24, 2.45) is 0 Å². The molecule has 0 amide bonds. The van der Waals surface area contributed by atoms with Crippen LogP contribution in [0.15, 0.2) is 41.3 Å². The molecule has 0 radical (unpaired) electrons. The van der Waals surface area contributed by atoms with Crippen LogP contribution in [0.3, 0.4) is 0 Å². The zero-order valence-corrected chi connectivity index (χ0v) is 19.4. The van der Waals surface area contributed by atoms with Gasteiger partial charge in [0.05, 0.1) is 11.2 Å². The number of hydrogen-bond donors (Lipinski definition) is 0. The molecule has 1 atom stereocenters. The summed E-state index contributed by atoms with van der Waals surface area (Å²) in [6, 6.07) is 9.98. The smallest absolute Gasteiger partial charge is 0.306 e. The topological polar surface area (TPSA) is 80.8 Å². The number of aryl methyl sites for hydroxylation is 3. The Morgan fingerprint density at radius 1 is 0.966 bits per heavy atom. The number of hydrogen-bond acceptors (Lipinski definition) is 5. The lowest BCUT2D eigenvalue weighted by molar-refractivity contribution is 0.322. The van der Waals surface area contributed by atoms with Crippen LogP contribution in [0.25, 0.3) is 0 Å². The third-order valence-electron chi connectivity index (χ3n) is 4.76. The summed E-state index contributed by atoms with van der Waals surface area (Å²) >= 11 is 0. The van der Waals surface area contributed by atoms with E-state index in [1.807, 2.05) is 46.8 Å². The second kappa shape index (κ2) is 8.85. The summed E-state index contributed by atoms with van der Waals surface area (Å²) in [5.41, 5.74) is 3.23. The Bertz CT molecular complexity index is 1050. The fraction of sp³-hybridized carbons (Fsp3) is 0.429. The molecule has 2 aromatic rings. The first kappa shape index (κ1) is 23.4. The predicted octanol–water partition coefficient (Wildman–Crippen LogP) is 3.94. The molecule has 0 fully saturated rings. The molecule has 29 heavy (non-hydrogen) atoms. The van der Waals surface area contributed by atoms with Crippen LogP contribution in [0.4, 0.5) is 0 Å². The zero-order valence-electron chi connectivity index (χ0n) is 17.8. The van der Waals surface area contributed by atoms with Crippen molar-refractivity contribution >= 4 is 20.1 Å². The monoisotopic (exact) mass is 439 g/mol. The summed E-state index contributed by atoms with van der Waals surface area (Å²) < 4.78 is 56.0. The molecule has 2 aromatic carbocycles. The van der Waals surface area contributed by atoms with Gasteiger partial charge in [0.2, 0.25) is 10.0 Å². The van der Waals surface area contributed by atoms with Gasteiger partial charge in [-0.1, -0.05) is 36.8 Å². The van der Waals surface area contributed by atoms with Gasteiger partial charge in [-0.3, -0.25) is 0 Å². The van der Waals surface area contributed by atoms with E-state index in [1.54, 1.807) is 12.1 Å². The van der Waals surface area contributed by atoms with Crippen molar-refractivity contribution < 1.29 is 21.0 Å². The summed E-state index contributed by atoms with van der Waals surface area (Å²) in [7, 11) is -7.33. The molecular weight excluding hydrogens is 410 g/mol. The second-order valence-corrected chi connectivity index (χ2v) is 10.9. The molecule has 0 spiro atoms. The second-order valence-electron chi connectivity index (χ2n) is 7.47. The summed E-state index contributed by atoms with van der Waals surface area (Å²) in [6.07, 6.45) is 1.64. The number of benzene rings is 2. The van der Waals surface area contributed by atoms with Gasteiger partial charge in [-0.05, 0) is 62.9 Å². The van der Waals surface area contributed by atoms with Crippen molar-refractivity contribution in [3.05, 3.63) is 58.7 Å². The quantitative estimate of drug-likeness (QED) is 0.582. The van der Waals surface area contributed by atoms with E-state index in [2.05, 4.69) is 0 Å². The maximum absolute atomic E-state index is 13.6. The van der Waals surface area contributed by atoms with Crippen molar-refractivity contribution in [3.8, 4) is 5.75 Å². The summed E-state index contributed by atoms with van der Waals surface area (Å²) in [5.74, 6) is 0.194. The molecule has 1 unspecified atom stereocenters. The van der Waals surface area contributed by atoms with Crippen LogP contribution in [0.2, 0.25) is 0 Å². The maximum Gasteiger partial charge on any atom is 0.306 e. The zero-order chi connectivity index (χ0) is 22.0. The summed E-state index contributed by atoms with van der Waals surface area (Å²) in [5, 5.41) is 0. The minimum absolute atomic E-state index is 0.184. The highest BCUT2D eigenvalue weighted by Crippen LogP contribution is 2.29. The van der Waals surface area contributed by atoms with Crippen LogP contribution < -0.4 is 4.18 Å². The van der Waals surface area contributed by atoms with Gasteiger partial charge in [0, 0.05) is 12.6 Å². The summed E-state index contributed by atoms with van der Waals surface area (Å²) in [4.78, 5) is 0.348.